The van der Waals surface area contributed by atoms with Crippen LogP contribution in [0.1, 0.15) is 48.5 Å². The third-order valence-corrected chi connectivity index (χ3v) is 6.44. The summed E-state index contributed by atoms with van der Waals surface area (Å²) < 4.78 is 54.9. The number of aryl methyl sites for hydroxylation is 1. The van der Waals surface area contributed by atoms with Gasteiger partial charge < -0.3 is 35.1 Å². The quantitative estimate of drug-likeness (QED) is 0.128. The van der Waals surface area contributed by atoms with Gasteiger partial charge in [0.2, 0.25) is 11.9 Å². The Balaban J connectivity index is 1.59. The molecule has 45 heavy (non-hydrogen) atoms. The van der Waals surface area contributed by atoms with Crippen LogP contribution in [0, 0.1) is 0 Å². The maximum absolute atomic E-state index is 13.0. The number of benzene rings is 2. The summed E-state index contributed by atoms with van der Waals surface area (Å²) >= 11 is 0. The first kappa shape index (κ1) is 35.2. The molecule has 0 spiro atoms. The molecule has 0 atom stereocenters. The van der Waals surface area contributed by atoms with Gasteiger partial charge >= 0.3 is 12.2 Å². The molecule has 0 aliphatic heterocycles. The maximum Gasteiger partial charge on any atom is 0.422 e. The van der Waals surface area contributed by atoms with E-state index < -0.39 is 18.8 Å². The van der Waals surface area contributed by atoms with Crippen molar-refractivity contribution in [1.82, 2.24) is 20.3 Å². The highest BCUT2D eigenvalue weighted by molar-refractivity contribution is 5.97. The molecule has 3 rings (SSSR count). The van der Waals surface area contributed by atoms with Gasteiger partial charge in [-0.15, -0.1) is 0 Å². The summed E-state index contributed by atoms with van der Waals surface area (Å²) in [6.07, 6.45) is -0.0566. The van der Waals surface area contributed by atoms with Crippen molar-refractivity contribution in [3.8, 4) is 17.5 Å². The highest BCUT2D eigenvalue weighted by Gasteiger charge is 2.29. The molecule has 0 aliphatic carbocycles. The van der Waals surface area contributed by atoms with Gasteiger partial charge in [-0.25, -0.2) is 0 Å². The number of unbranched alkanes of at least 4 members (excludes halogenated alkanes) is 3. The molecule has 14 heteroatoms. The lowest BCUT2D eigenvalue weighted by atomic mass is 10.1. The van der Waals surface area contributed by atoms with Crippen molar-refractivity contribution in [3.63, 3.8) is 0 Å². The van der Waals surface area contributed by atoms with Gasteiger partial charge in [0, 0.05) is 11.8 Å². The summed E-state index contributed by atoms with van der Waals surface area (Å²) in [5, 5.41) is 5.79. The number of hydrogen-bond acceptors (Lipinski definition) is 9. The second kappa shape index (κ2) is 16.7. The molecule has 0 saturated carbocycles. The summed E-state index contributed by atoms with van der Waals surface area (Å²) in [7, 11) is 6.10. The predicted octanol–water partition coefficient (Wildman–Crippen LogP) is 5.16. The van der Waals surface area contributed by atoms with Crippen LogP contribution < -0.4 is 30.6 Å². The number of ether oxygens (including phenoxy) is 3. The topological polar surface area (TPSA) is 134 Å². The van der Waals surface area contributed by atoms with E-state index in [1.807, 2.05) is 33.3 Å². The summed E-state index contributed by atoms with van der Waals surface area (Å²) in [6, 6.07) is 12.3. The molecule has 1 aromatic heterocycles. The fourth-order valence-corrected chi connectivity index (χ4v) is 4.03. The first-order valence-corrected chi connectivity index (χ1v) is 14.9. The van der Waals surface area contributed by atoms with Crippen LogP contribution in [0.2, 0.25) is 0 Å². The summed E-state index contributed by atoms with van der Waals surface area (Å²) in [5.41, 5.74) is 7.67. The molecule has 2 aromatic carbocycles. The van der Waals surface area contributed by atoms with E-state index in [4.69, 9.17) is 15.2 Å². The summed E-state index contributed by atoms with van der Waals surface area (Å²) in [5.74, 6) is 0.447. The van der Waals surface area contributed by atoms with Crippen molar-refractivity contribution in [2.75, 3.05) is 65.1 Å². The lowest BCUT2D eigenvalue weighted by Gasteiger charge is -2.24. The van der Waals surface area contributed by atoms with Gasteiger partial charge in [0.15, 0.2) is 6.61 Å². The third-order valence-electron chi connectivity index (χ3n) is 6.44. The second-order valence-corrected chi connectivity index (χ2v) is 11.4. The number of nitrogen functional groups attached to an aromatic ring is 1. The lowest BCUT2D eigenvalue weighted by Crippen LogP contribution is -2.41. The van der Waals surface area contributed by atoms with Gasteiger partial charge in [0.25, 0.3) is 5.91 Å². The molecule has 0 bridgehead atoms. The van der Waals surface area contributed by atoms with Crippen LogP contribution >= 0.6 is 0 Å². The SMILES string of the molecule is CCc1ccc(OCCCCCCOc2cc(Nc3nc(N)nc(OCC(F)(F)F)n3)ccc2C(=O)NCC[N+](C)(C)C)cc1. The van der Waals surface area contributed by atoms with E-state index in [1.165, 1.54) is 5.56 Å². The van der Waals surface area contributed by atoms with Gasteiger partial charge in [-0.3, -0.25) is 4.79 Å². The van der Waals surface area contributed by atoms with Gasteiger partial charge in [-0.05, 0) is 61.9 Å². The number of nitrogens with one attached hydrogen (secondary N) is 2. The number of rotatable bonds is 18. The minimum absolute atomic E-state index is 0.130. The number of amides is 1. The molecule has 246 valence electrons. The molecule has 0 aliphatic rings. The van der Waals surface area contributed by atoms with Crippen LogP contribution in [-0.2, 0) is 6.42 Å². The van der Waals surface area contributed by atoms with Crippen molar-refractivity contribution in [1.29, 1.82) is 0 Å². The summed E-state index contributed by atoms with van der Waals surface area (Å²) in [6.45, 7) is 2.74. The number of likely N-dealkylation sites (N-methyl/N-ethyl adjacent to an activating group) is 1. The zero-order valence-electron chi connectivity index (χ0n) is 26.2. The van der Waals surface area contributed by atoms with E-state index in [0.29, 0.717) is 41.2 Å². The number of anilines is 3. The summed E-state index contributed by atoms with van der Waals surface area (Å²) in [4.78, 5) is 24.4. The Bertz CT molecular complexity index is 1370. The number of halogens is 3. The van der Waals surface area contributed by atoms with Crippen LogP contribution in [-0.4, -0.2) is 85.6 Å². The first-order chi connectivity index (χ1) is 21.3. The molecule has 0 saturated heterocycles. The molecular weight excluding hydrogens is 591 g/mol. The van der Waals surface area contributed by atoms with Crippen LogP contribution in [0.15, 0.2) is 42.5 Å². The van der Waals surface area contributed by atoms with Crippen LogP contribution in [0.4, 0.5) is 30.8 Å². The van der Waals surface area contributed by atoms with Crippen LogP contribution in [0.3, 0.4) is 0 Å². The monoisotopic (exact) mass is 634 g/mol. The number of hydrogen-bond donors (Lipinski definition) is 3. The smallest absolute Gasteiger partial charge is 0.422 e. The van der Waals surface area contributed by atoms with Gasteiger partial charge in [-0.2, -0.15) is 28.1 Å². The minimum atomic E-state index is -4.57. The van der Waals surface area contributed by atoms with E-state index in [-0.39, 0.29) is 17.8 Å². The second-order valence-electron chi connectivity index (χ2n) is 11.4. The van der Waals surface area contributed by atoms with E-state index in [1.54, 1.807) is 18.2 Å². The molecule has 4 N–H and O–H groups in total. The Kier molecular flexibility index (Phi) is 13.0. The van der Waals surface area contributed by atoms with E-state index in [2.05, 4.69) is 49.4 Å². The zero-order valence-corrected chi connectivity index (χ0v) is 26.2. The standard InChI is InChI=1S/C31H42F3N7O4/c1-5-22-10-13-24(14-11-22)43-18-8-6-7-9-19-44-26-20-23(12-15-25(26)27(42)36-16-17-41(2,3)4)37-29-38-28(35)39-30(40-29)45-21-31(32,33)34/h10-15,20H,5-9,16-19,21H2,1-4H3,(H3-,35,36,37,38,39,40,42)/p+1. The number of quaternary nitrogens is 1. The van der Waals surface area contributed by atoms with Crippen molar-refractivity contribution in [2.24, 2.45) is 0 Å². The number of nitrogens with two attached hydrogens (primary N) is 1. The molecular formula is C31H43F3N7O4+. The molecule has 1 heterocycles. The van der Waals surface area contributed by atoms with Gasteiger partial charge in [0.05, 0.1) is 53.0 Å². The number of aromatic nitrogens is 3. The van der Waals surface area contributed by atoms with E-state index >= 15 is 0 Å². The first-order valence-electron chi connectivity index (χ1n) is 14.9. The Morgan fingerprint density at radius 3 is 2.24 bits per heavy atom. The molecule has 11 nitrogen and oxygen atoms in total. The fourth-order valence-electron chi connectivity index (χ4n) is 4.03. The number of nitrogens with zero attached hydrogens (tertiary/aromatic N) is 4. The largest absolute Gasteiger partial charge is 0.494 e. The van der Waals surface area contributed by atoms with Crippen molar-refractivity contribution in [2.45, 2.75) is 45.2 Å². The predicted molar refractivity (Wildman–Crippen MR) is 166 cm³/mol. The molecule has 1 amide bonds. The molecule has 0 radical (unpaired) electrons. The highest BCUT2D eigenvalue weighted by atomic mass is 19.4. The Labute approximate surface area is 261 Å². The fraction of sp³-hybridized carbons (Fsp3) is 0.484. The van der Waals surface area contributed by atoms with Crippen molar-refractivity contribution < 1.29 is 36.7 Å². The Hall–Kier alpha value is -4.33. The average molecular weight is 635 g/mol. The molecule has 0 unspecified atom stereocenters. The van der Waals surface area contributed by atoms with Crippen molar-refractivity contribution in [3.05, 3.63) is 53.6 Å². The maximum atomic E-state index is 13.0. The Morgan fingerprint density at radius 2 is 1.60 bits per heavy atom. The van der Waals surface area contributed by atoms with Gasteiger partial charge in [0.1, 0.15) is 11.5 Å². The zero-order chi connectivity index (χ0) is 32.9. The minimum Gasteiger partial charge on any atom is -0.494 e. The van der Waals surface area contributed by atoms with E-state index in [0.717, 1.165) is 44.4 Å². The number of carbonyl (C=O) groups excluding carboxylic acids is 1. The normalized spacial score (nSPS) is 11.6. The highest BCUT2D eigenvalue weighted by Crippen LogP contribution is 2.26. The van der Waals surface area contributed by atoms with E-state index in [9.17, 15) is 18.0 Å². The van der Waals surface area contributed by atoms with Gasteiger partial charge in [-0.1, -0.05) is 19.1 Å². The van der Waals surface area contributed by atoms with Crippen LogP contribution in [0.5, 0.6) is 17.5 Å². The molecule has 3 aromatic rings. The third kappa shape index (κ3) is 13.5. The Morgan fingerprint density at radius 1 is 0.911 bits per heavy atom. The lowest BCUT2D eigenvalue weighted by molar-refractivity contribution is -0.869. The average Bonchev–Trinajstić information content (AvgIpc) is 2.96. The number of carbonyl (C=O) groups is 1. The number of alkyl halides is 3. The molecule has 0 fully saturated rings. The van der Waals surface area contributed by atoms with Crippen molar-refractivity contribution >= 4 is 23.5 Å². The van der Waals surface area contributed by atoms with Crippen LogP contribution in [0.25, 0.3) is 0 Å².